The van der Waals surface area contributed by atoms with Gasteiger partial charge in [-0.25, -0.2) is 9.37 Å². The Bertz CT molecular complexity index is 379. The van der Waals surface area contributed by atoms with Crippen LogP contribution < -0.4 is 4.74 Å². The number of aliphatic hydroxyl groups is 1. The van der Waals surface area contributed by atoms with Crippen molar-refractivity contribution in [2.45, 2.75) is 19.6 Å². The van der Waals surface area contributed by atoms with Crippen LogP contribution in [0.3, 0.4) is 0 Å². The number of ether oxygens (including phenoxy) is 1. The van der Waals surface area contributed by atoms with Gasteiger partial charge in [0.05, 0.1) is 12.3 Å². The fourth-order valence-corrected chi connectivity index (χ4v) is 0.995. The first kappa shape index (κ1) is 12.6. The molecule has 0 aromatic carbocycles. The number of nitrogens with zero attached hydrogens (tertiary/aromatic N) is 1. The molecule has 1 aromatic heterocycles. The topological polar surface area (TPSA) is 42.4 Å². The van der Waals surface area contributed by atoms with E-state index in [1.165, 1.54) is 0 Å². The van der Waals surface area contributed by atoms with E-state index in [0.29, 0.717) is 6.07 Å². The summed E-state index contributed by atoms with van der Waals surface area (Å²) in [6.45, 7) is -1.96. The molecule has 1 aromatic rings. The lowest BCUT2D eigenvalue weighted by Gasteiger charge is -2.11. The van der Waals surface area contributed by atoms with Gasteiger partial charge in [-0.2, -0.15) is 4.39 Å². The van der Waals surface area contributed by atoms with Gasteiger partial charge in [-0.3, -0.25) is 0 Å². The Kier molecular flexibility index (Phi) is 3.63. The van der Waals surface area contributed by atoms with E-state index < -0.39 is 31.3 Å². The van der Waals surface area contributed by atoms with Crippen LogP contribution in [0.2, 0.25) is 0 Å². The van der Waals surface area contributed by atoms with Gasteiger partial charge in [0.15, 0.2) is 5.75 Å². The highest BCUT2D eigenvalue weighted by Crippen LogP contribution is 2.26. The van der Waals surface area contributed by atoms with Crippen molar-refractivity contribution in [2.24, 2.45) is 0 Å². The number of rotatable bonds is 3. The van der Waals surface area contributed by atoms with Crippen LogP contribution in [0.4, 0.5) is 22.0 Å². The van der Waals surface area contributed by atoms with Gasteiger partial charge in [0.1, 0.15) is 6.67 Å². The molecule has 0 spiro atoms. The van der Waals surface area contributed by atoms with Crippen molar-refractivity contribution in [1.29, 1.82) is 0 Å². The average molecular weight is 243 g/mol. The molecule has 0 atom stereocenters. The number of aromatic nitrogens is 1. The Labute approximate surface area is 86.5 Å². The second-order valence-corrected chi connectivity index (χ2v) is 2.72. The van der Waals surface area contributed by atoms with Gasteiger partial charge in [-0.1, -0.05) is 0 Å². The van der Waals surface area contributed by atoms with Crippen LogP contribution in [0.5, 0.6) is 5.75 Å². The normalized spacial score (nSPS) is 11.6. The van der Waals surface area contributed by atoms with Crippen molar-refractivity contribution in [3.8, 4) is 5.75 Å². The number of alkyl halides is 4. The zero-order chi connectivity index (χ0) is 12.3. The predicted molar refractivity (Wildman–Crippen MR) is 41.6 cm³/mol. The van der Waals surface area contributed by atoms with Gasteiger partial charge in [0.2, 0.25) is 0 Å². The summed E-state index contributed by atoms with van der Waals surface area (Å²) in [5.74, 6) is -2.78. The predicted octanol–water partition coefficient (Wildman–Crippen LogP) is 2.08. The number of hydrogen-bond acceptors (Lipinski definition) is 3. The van der Waals surface area contributed by atoms with E-state index in [2.05, 4.69) is 9.72 Å². The zero-order valence-corrected chi connectivity index (χ0v) is 7.68. The minimum Gasteiger partial charge on any atom is -0.401 e. The van der Waals surface area contributed by atoms with Crippen LogP contribution >= 0.6 is 0 Å². The average Bonchev–Trinajstić information content (AvgIpc) is 2.18. The van der Waals surface area contributed by atoms with E-state index in [1.54, 1.807) is 0 Å². The molecule has 1 N–H and O–H groups in total. The van der Waals surface area contributed by atoms with Crippen LogP contribution in [0.15, 0.2) is 6.07 Å². The first-order chi connectivity index (χ1) is 7.37. The maximum atomic E-state index is 12.9. The number of hydrogen-bond donors (Lipinski definition) is 1. The van der Waals surface area contributed by atoms with E-state index >= 15 is 0 Å². The molecule has 0 bridgehead atoms. The second-order valence-electron chi connectivity index (χ2n) is 2.72. The number of aliphatic hydroxyl groups excluding tert-OH is 1. The molecule has 0 unspecified atom stereocenters. The fourth-order valence-electron chi connectivity index (χ4n) is 0.995. The summed E-state index contributed by atoms with van der Waals surface area (Å²) in [4.78, 5) is 2.96. The number of halogens is 5. The molecule has 1 rings (SSSR count). The standard InChI is InChI=1S/C8H6F5NO2/c9-2-4-1-6(16-8(11,12)13)7(10)14-5(4)3-15/h1,15H,2-3H2. The summed E-state index contributed by atoms with van der Waals surface area (Å²) in [5.41, 5.74) is -0.724. The largest absolute Gasteiger partial charge is 0.573 e. The van der Waals surface area contributed by atoms with E-state index in [9.17, 15) is 22.0 Å². The third-order valence-corrected chi connectivity index (χ3v) is 1.63. The molecule has 3 nitrogen and oxygen atoms in total. The van der Waals surface area contributed by atoms with E-state index in [1.807, 2.05) is 0 Å². The molecule has 0 saturated carbocycles. The van der Waals surface area contributed by atoms with Crippen LogP contribution in [-0.2, 0) is 13.3 Å². The summed E-state index contributed by atoms with van der Waals surface area (Å²) in [7, 11) is 0. The first-order valence-electron chi connectivity index (χ1n) is 3.98. The van der Waals surface area contributed by atoms with Crippen molar-refractivity contribution in [3.63, 3.8) is 0 Å². The second kappa shape index (κ2) is 4.60. The van der Waals surface area contributed by atoms with Crippen LogP contribution in [0.1, 0.15) is 11.3 Å². The van der Waals surface area contributed by atoms with Gasteiger partial charge < -0.3 is 9.84 Å². The lowest BCUT2D eigenvalue weighted by atomic mass is 10.2. The van der Waals surface area contributed by atoms with E-state index in [-0.39, 0.29) is 11.3 Å². The van der Waals surface area contributed by atoms with E-state index in [4.69, 9.17) is 5.11 Å². The Hall–Kier alpha value is -1.44. The summed E-state index contributed by atoms with van der Waals surface area (Å²) < 4.78 is 63.8. The number of pyridine rings is 1. The van der Waals surface area contributed by atoms with Crippen LogP contribution in [0.25, 0.3) is 0 Å². The van der Waals surface area contributed by atoms with Gasteiger partial charge >= 0.3 is 6.36 Å². The summed E-state index contributed by atoms with van der Waals surface area (Å²) >= 11 is 0. The Morgan fingerprint density at radius 1 is 1.38 bits per heavy atom. The molecule has 16 heavy (non-hydrogen) atoms. The highest BCUT2D eigenvalue weighted by Gasteiger charge is 2.33. The smallest absolute Gasteiger partial charge is 0.401 e. The highest BCUT2D eigenvalue weighted by atomic mass is 19.4. The third kappa shape index (κ3) is 3.02. The molecule has 0 amide bonds. The molecule has 0 aliphatic carbocycles. The fraction of sp³-hybridized carbons (Fsp3) is 0.375. The van der Waals surface area contributed by atoms with Gasteiger partial charge in [0, 0.05) is 5.56 Å². The lowest BCUT2D eigenvalue weighted by molar-refractivity contribution is -0.275. The molecule has 0 saturated heterocycles. The van der Waals surface area contributed by atoms with Crippen molar-refractivity contribution in [1.82, 2.24) is 4.98 Å². The molecule has 0 aliphatic rings. The first-order valence-corrected chi connectivity index (χ1v) is 3.98. The molecule has 0 aliphatic heterocycles. The maximum absolute atomic E-state index is 12.9. The summed E-state index contributed by atoms with van der Waals surface area (Å²) in [6.07, 6.45) is -5.09. The van der Waals surface area contributed by atoms with Crippen molar-refractivity contribution >= 4 is 0 Å². The minimum absolute atomic E-state index is 0.358. The zero-order valence-electron chi connectivity index (χ0n) is 7.68. The maximum Gasteiger partial charge on any atom is 0.573 e. The molecular weight excluding hydrogens is 237 g/mol. The van der Waals surface area contributed by atoms with Crippen molar-refractivity contribution < 1.29 is 31.8 Å². The third-order valence-electron chi connectivity index (χ3n) is 1.63. The molecule has 8 heteroatoms. The lowest BCUT2D eigenvalue weighted by Crippen LogP contribution is -2.19. The monoisotopic (exact) mass is 243 g/mol. The van der Waals surface area contributed by atoms with Gasteiger partial charge in [-0.05, 0) is 6.07 Å². The Balaban J connectivity index is 3.11. The molecule has 0 radical (unpaired) electrons. The molecule has 1 heterocycles. The van der Waals surface area contributed by atoms with E-state index in [0.717, 1.165) is 0 Å². The van der Waals surface area contributed by atoms with Gasteiger partial charge in [0.25, 0.3) is 5.95 Å². The molecular formula is C8H6F5NO2. The molecule has 90 valence electrons. The summed E-state index contributed by atoms with van der Waals surface area (Å²) in [5, 5.41) is 8.64. The van der Waals surface area contributed by atoms with Crippen molar-refractivity contribution in [3.05, 3.63) is 23.3 Å². The quantitative estimate of drug-likeness (QED) is 0.652. The van der Waals surface area contributed by atoms with Crippen LogP contribution in [0, 0.1) is 5.95 Å². The van der Waals surface area contributed by atoms with Crippen LogP contribution in [-0.4, -0.2) is 16.5 Å². The Morgan fingerprint density at radius 3 is 2.44 bits per heavy atom. The Morgan fingerprint density at radius 2 is 2.00 bits per heavy atom. The minimum atomic E-state index is -5.09. The van der Waals surface area contributed by atoms with Crippen molar-refractivity contribution in [2.75, 3.05) is 0 Å². The summed E-state index contributed by atoms with van der Waals surface area (Å²) in [6, 6.07) is 0.515. The molecule has 0 fully saturated rings. The van der Waals surface area contributed by atoms with Gasteiger partial charge in [-0.15, -0.1) is 13.2 Å². The SMILES string of the molecule is OCc1nc(F)c(OC(F)(F)F)cc1CF. The highest BCUT2D eigenvalue weighted by molar-refractivity contribution is 5.30.